The van der Waals surface area contributed by atoms with Crippen molar-refractivity contribution >= 4 is 32.1 Å². The lowest BCUT2D eigenvalue weighted by Crippen LogP contribution is -2.28. The summed E-state index contributed by atoms with van der Waals surface area (Å²) in [6, 6.07) is 0.0728. The van der Waals surface area contributed by atoms with Gasteiger partial charge in [-0.05, 0) is 19.3 Å². The van der Waals surface area contributed by atoms with Gasteiger partial charge in [0.15, 0.2) is 15.8 Å². The summed E-state index contributed by atoms with van der Waals surface area (Å²) in [5.41, 5.74) is 0. The third kappa shape index (κ3) is 2.32. The van der Waals surface area contributed by atoms with Crippen molar-refractivity contribution in [1.82, 2.24) is 14.1 Å². The van der Waals surface area contributed by atoms with E-state index in [-0.39, 0.29) is 11.1 Å². The molecule has 0 aliphatic heterocycles. The standard InChI is InChI=1S/C12H18N4O2S2/c1-3-8-7-9(8)15-20(17,18)11-10(13-4-2)14-12-16(11)5-6-19-12/h5-6,8-9,13,15H,3-4,7H2,1-2H3. The second-order valence-electron chi connectivity index (χ2n) is 4.98. The molecule has 6 nitrogen and oxygen atoms in total. The molecule has 1 aliphatic carbocycles. The van der Waals surface area contributed by atoms with Crippen LogP contribution in [0, 0.1) is 5.92 Å². The Morgan fingerprint density at radius 1 is 1.50 bits per heavy atom. The quantitative estimate of drug-likeness (QED) is 0.854. The van der Waals surface area contributed by atoms with E-state index in [1.165, 1.54) is 11.3 Å². The molecule has 2 atom stereocenters. The van der Waals surface area contributed by atoms with Gasteiger partial charge >= 0.3 is 0 Å². The van der Waals surface area contributed by atoms with Crippen LogP contribution in [0.5, 0.6) is 0 Å². The molecule has 8 heteroatoms. The van der Waals surface area contributed by atoms with Crippen LogP contribution < -0.4 is 10.0 Å². The van der Waals surface area contributed by atoms with Crippen LogP contribution >= 0.6 is 11.3 Å². The number of fused-ring (bicyclic) bond motifs is 1. The average Bonchev–Trinajstić information content (AvgIpc) is 2.79. The van der Waals surface area contributed by atoms with Crippen molar-refractivity contribution in [3.63, 3.8) is 0 Å². The number of aromatic nitrogens is 2. The van der Waals surface area contributed by atoms with Crippen molar-refractivity contribution in [3.8, 4) is 0 Å². The summed E-state index contributed by atoms with van der Waals surface area (Å²) in [4.78, 5) is 5.03. The molecule has 0 saturated heterocycles. The van der Waals surface area contributed by atoms with Crippen LogP contribution in [0.2, 0.25) is 0 Å². The van der Waals surface area contributed by atoms with E-state index in [0.717, 1.165) is 12.8 Å². The number of hydrogen-bond acceptors (Lipinski definition) is 5. The molecule has 0 spiro atoms. The molecule has 2 aromatic heterocycles. The minimum Gasteiger partial charge on any atom is -0.368 e. The van der Waals surface area contributed by atoms with E-state index in [1.54, 1.807) is 10.6 Å². The Kier molecular flexibility index (Phi) is 3.47. The van der Waals surface area contributed by atoms with Crippen molar-refractivity contribution < 1.29 is 8.42 Å². The third-order valence-electron chi connectivity index (χ3n) is 3.57. The molecule has 20 heavy (non-hydrogen) atoms. The molecular weight excluding hydrogens is 296 g/mol. The SMILES string of the molecule is CCNc1nc2sccn2c1S(=O)(=O)NC1CC1CC. The van der Waals surface area contributed by atoms with E-state index in [9.17, 15) is 8.42 Å². The number of nitrogens with one attached hydrogen (secondary N) is 2. The van der Waals surface area contributed by atoms with Gasteiger partial charge in [0, 0.05) is 24.2 Å². The average molecular weight is 314 g/mol. The molecule has 2 unspecified atom stereocenters. The van der Waals surface area contributed by atoms with E-state index in [1.807, 2.05) is 12.3 Å². The molecule has 0 amide bonds. The highest BCUT2D eigenvalue weighted by atomic mass is 32.2. The Morgan fingerprint density at radius 3 is 2.95 bits per heavy atom. The first-order chi connectivity index (χ1) is 9.56. The summed E-state index contributed by atoms with van der Waals surface area (Å²) >= 11 is 1.42. The van der Waals surface area contributed by atoms with Crippen LogP contribution in [0.3, 0.4) is 0 Å². The van der Waals surface area contributed by atoms with Crippen LogP contribution in [-0.4, -0.2) is 30.4 Å². The van der Waals surface area contributed by atoms with Gasteiger partial charge in [0.2, 0.25) is 0 Å². The Hall–Kier alpha value is -1.12. The lowest BCUT2D eigenvalue weighted by Gasteiger charge is -2.08. The number of thiazole rings is 1. The van der Waals surface area contributed by atoms with Gasteiger partial charge in [-0.1, -0.05) is 13.3 Å². The van der Waals surface area contributed by atoms with E-state index in [2.05, 4.69) is 21.9 Å². The second kappa shape index (κ2) is 5.01. The maximum atomic E-state index is 12.6. The highest BCUT2D eigenvalue weighted by Crippen LogP contribution is 2.35. The summed E-state index contributed by atoms with van der Waals surface area (Å²) in [6.07, 6.45) is 3.68. The topological polar surface area (TPSA) is 75.5 Å². The first-order valence-electron chi connectivity index (χ1n) is 6.78. The molecule has 0 aromatic carbocycles. The Bertz CT molecular complexity index is 719. The number of anilines is 1. The smallest absolute Gasteiger partial charge is 0.260 e. The van der Waals surface area contributed by atoms with Gasteiger partial charge in [-0.25, -0.2) is 18.1 Å². The molecule has 1 aliphatic rings. The number of rotatable bonds is 6. The summed E-state index contributed by atoms with van der Waals surface area (Å²) in [7, 11) is -3.55. The van der Waals surface area contributed by atoms with Crippen molar-refractivity contribution in [3.05, 3.63) is 11.6 Å². The molecule has 2 heterocycles. The van der Waals surface area contributed by atoms with Gasteiger partial charge in [-0.3, -0.25) is 4.40 Å². The van der Waals surface area contributed by atoms with Crippen molar-refractivity contribution in [2.75, 3.05) is 11.9 Å². The number of hydrogen-bond donors (Lipinski definition) is 2. The molecule has 1 fully saturated rings. The van der Waals surface area contributed by atoms with E-state index >= 15 is 0 Å². The monoisotopic (exact) mass is 314 g/mol. The van der Waals surface area contributed by atoms with Crippen molar-refractivity contribution in [2.24, 2.45) is 5.92 Å². The lowest BCUT2D eigenvalue weighted by atomic mass is 10.3. The predicted octanol–water partition coefficient (Wildman–Crippen LogP) is 1.90. The molecule has 0 radical (unpaired) electrons. The Morgan fingerprint density at radius 2 is 2.30 bits per heavy atom. The molecule has 2 N–H and O–H groups in total. The fourth-order valence-corrected chi connectivity index (χ4v) is 4.75. The molecule has 0 bridgehead atoms. The predicted molar refractivity (Wildman–Crippen MR) is 79.7 cm³/mol. The lowest BCUT2D eigenvalue weighted by molar-refractivity contribution is 0.571. The first kappa shape index (κ1) is 13.8. The molecule has 110 valence electrons. The molecule has 3 rings (SSSR count). The molecular formula is C12H18N4O2S2. The zero-order valence-corrected chi connectivity index (χ0v) is 13.1. The van der Waals surface area contributed by atoms with Gasteiger partial charge < -0.3 is 5.32 Å². The Balaban J connectivity index is 1.98. The first-order valence-corrected chi connectivity index (χ1v) is 9.14. The minimum atomic E-state index is -3.55. The largest absolute Gasteiger partial charge is 0.368 e. The van der Waals surface area contributed by atoms with Gasteiger partial charge in [0.05, 0.1) is 0 Å². The summed E-state index contributed by atoms with van der Waals surface area (Å²) in [5, 5.41) is 5.09. The van der Waals surface area contributed by atoms with Crippen molar-refractivity contribution in [2.45, 2.75) is 37.8 Å². The van der Waals surface area contributed by atoms with E-state index < -0.39 is 10.0 Å². The normalized spacial score (nSPS) is 22.3. The minimum absolute atomic E-state index is 0.0728. The maximum absolute atomic E-state index is 12.6. The molecule has 1 saturated carbocycles. The van der Waals surface area contributed by atoms with Crippen LogP contribution in [-0.2, 0) is 10.0 Å². The van der Waals surface area contributed by atoms with Crippen LogP contribution in [0.4, 0.5) is 5.82 Å². The van der Waals surface area contributed by atoms with Gasteiger partial charge in [-0.2, -0.15) is 0 Å². The fourth-order valence-electron chi connectivity index (χ4n) is 2.40. The highest BCUT2D eigenvalue weighted by Gasteiger charge is 2.40. The highest BCUT2D eigenvalue weighted by molar-refractivity contribution is 7.89. The van der Waals surface area contributed by atoms with Crippen LogP contribution in [0.25, 0.3) is 4.96 Å². The van der Waals surface area contributed by atoms with Crippen LogP contribution in [0.15, 0.2) is 16.6 Å². The van der Waals surface area contributed by atoms with Gasteiger partial charge in [-0.15, -0.1) is 11.3 Å². The maximum Gasteiger partial charge on any atom is 0.260 e. The van der Waals surface area contributed by atoms with E-state index in [4.69, 9.17) is 0 Å². The third-order valence-corrected chi connectivity index (χ3v) is 5.84. The number of imidazole rings is 1. The van der Waals surface area contributed by atoms with Gasteiger partial charge in [0.25, 0.3) is 10.0 Å². The molecule has 2 aromatic rings. The number of nitrogens with zero attached hydrogens (tertiary/aromatic N) is 2. The Labute approximate surface area is 122 Å². The zero-order valence-electron chi connectivity index (χ0n) is 11.5. The summed E-state index contributed by atoms with van der Waals surface area (Å²) in [6.45, 7) is 4.64. The zero-order chi connectivity index (χ0) is 14.3. The second-order valence-corrected chi connectivity index (χ2v) is 7.49. The fraction of sp³-hybridized carbons (Fsp3) is 0.583. The van der Waals surface area contributed by atoms with Crippen LogP contribution in [0.1, 0.15) is 26.7 Å². The van der Waals surface area contributed by atoms with Crippen molar-refractivity contribution in [1.29, 1.82) is 0 Å². The van der Waals surface area contributed by atoms with Gasteiger partial charge in [0.1, 0.15) is 0 Å². The number of sulfonamides is 1. The summed E-state index contributed by atoms with van der Waals surface area (Å²) < 4.78 is 29.6. The summed E-state index contributed by atoms with van der Waals surface area (Å²) in [5.74, 6) is 0.902. The van der Waals surface area contributed by atoms with E-state index in [0.29, 0.717) is 23.2 Å².